The summed E-state index contributed by atoms with van der Waals surface area (Å²) in [6.07, 6.45) is 0. The highest BCUT2D eigenvalue weighted by molar-refractivity contribution is 7.56. The van der Waals surface area contributed by atoms with Crippen LogP contribution in [0.4, 0.5) is 0 Å². The van der Waals surface area contributed by atoms with Gasteiger partial charge in [0, 0.05) is 23.5 Å². The lowest BCUT2D eigenvalue weighted by molar-refractivity contribution is 0.309. The van der Waals surface area contributed by atoms with Gasteiger partial charge in [0.05, 0.1) is 5.71 Å². The second-order valence-electron chi connectivity index (χ2n) is 7.83. The first-order valence-electron chi connectivity index (χ1n) is 10.8. The van der Waals surface area contributed by atoms with Gasteiger partial charge in [0.1, 0.15) is 12.4 Å². The number of aliphatic imine (C=N–C) groups is 1. The van der Waals surface area contributed by atoms with Gasteiger partial charge >= 0.3 is 0 Å². The van der Waals surface area contributed by atoms with Crippen LogP contribution in [0, 0.1) is 13.8 Å². The molecule has 0 aliphatic carbocycles. The molecule has 4 aromatic rings. The van der Waals surface area contributed by atoms with Gasteiger partial charge in [-0.15, -0.1) is 0 Å². The van der Waals surface area contributed by atoms with Crippen LogP contribution in [0.25, 0.3) is 0 Å². The van der Waals surface area contributed by atoms with Crippen LogP contribution >= 0.6 is 8.58 Å². The lowest BCUT2D eigenvalue weighted by Crippen LogP contribution is -2.19. The van der Waals surface area contributed by atoms with Gasteiger partial charge in [-0.1, -0.05) is 99.1 Å². The van der Waals surface area contributed by atoms with Crippen molar-refractivity contribution in [3.63, 3.8) is 0 Å². The first-order valence-corrected chi connectivity index (χ1v) is 11.8. The minimum Gasteiger partial charge on any atom is -0.488 e. The van der Waals surface area contributed by atoms with Crippen molar-refractivity contribution >= 4 is 24.9 Å². The Bertz CT molecular complexity index is 1220. The molecule has 4 aromatic carbocycles. The highest BCUT2D eigenvalue weighted by Crippen LogP contribution is 2.26. The summed E-state index contributed by atoms with van der Waals surface area (Å²) in [6.45, 7) is 4.88. The predicted molar refractivity (Wildman–Crippen MR) is 139 cm³/mol. The Balaban J connectivity index is 1.70. The van der Waals surface area contributed by atoms with E-state index in [1.54, 1.807) is 0 Å². The number of benzene rings is 4. The monoisotopic (exact) mass is 437 g/mol. The maximum atomic E-state index is 6.28. The third kappa shape index (κ3) is 5.15. The van der Waals surface area contributed by atoms with E-state index in [0.29, 0.717) is 15.2 Å². The molecule has 1 atom stereocenters. The Hall–Kier alpha value is -3.22. The molecule has 0 aliphatic heterocycles. The van der Waals surface area contributed by atoms with Gasteiger partial charge in [-0.25, -0.2) is 0 Å². The second-order valence-corrected chi connectivity index (χ2v) is 9.12. The minimum atomic E-state index is 0.472. The van der Waals surface area contributed by atoms with Crippen LogP contribution in [0.1, 0.15) is 27.8 Å². The van der Waals surface area contributed by atoms with Gasteiger partial charge in [-0.3, -0.25) is 4.99 Å². The lowest BCUT2D eigenvalue weighted by atomic mass is 10.0. The van der Waals surface area contributed by atoms with Crippen molar-refractivity contribution in [3.8, 4) is 5.75 Å². The number of hydrogen-bond donors (Lipinski definition) is 0. The predicted octanol–water partition coefficient (Wildman–Crippen LogP) is 5.98. The van der Waals surface area contributed by atoms with Crippen molar-refractivity contribution in [2.24, 2.45) is 4.99 Å². The maximum Gasteiger partial charge on any atom is 0.127 e. The standard InChI is InChI=1S/C29H28NOP/c1-21-17-18-26(31-20-23-12-6-4-7-13-23)27(19-21)32-29-22(2)11-10-16-25(29)28(30-3)24-14-8-5-9-15-24/h4-19,32H,20H2,1-3H3/b30-28+. The number of ether oxygens (including phenoxy) is 1. The Morgan fingerprint density at radius 1 is 0.812 bits per heavy atom. The fourth-order valence-electron chi connectivity index (χ4n) is 3.77. The Labute approximate surface area is 192 Å². The normalized spacial score (nSPS) is 11.8. The van der Waals surface area contributed by atoms with Gasteiger partial charge in [0.15, 0.2) is 0 Å². The molecule has 0 bridgehead atoms. The van der Waals surface area contributed by atoms with Crippen molar-refractivity contribution in [1.82, 2.24) is 0 Å². The molecule has 1 unspecified atom stereocenters. The molecule has 0 saturated heterocycles. The van der Waals surface area contributed by atoms with Crippen LogP contribution in [0.15, 0.2) is 102 Å². The summed E-state index contributed by atoms with van der Waals surface area (Å²) in [5, 5.41) is 2.53. The molecule has 160 valence electrons. The zero-order chi connectivity index (χ0) is 22.3. The number of rotatable bonds is 7. The van der Waals surface area contributed by atoms with Crippen molar-refractivity contribution in [2.75, 3.05) is 7.05 Å². The summed E-state index contributed by atoms with van der Waals surface area (Å²) in [5.41, 5.74) is 7.03. The topological polar surface area (TPSA) is 21.6 Å². The molecule has 0 heterocycles. The fraction of sp³-hybridized carbons (Fsp3) is 0.138. The van der Waals surface area contributed by atoms with Gasteiger partial charge in [-0.2, -0.15) is 0 Å². The van der Waals surface area contributed by atoms with Crippen LogP contribution < -0.4 is 15.3 Å². The Kier molecular flexibility index (Phi) is 7.14. The van der Waals surface area contributed by atoms with Crippen LogP contribution in [-0.4, -0.2) is 12.8 Å². The van der Waals surface area contributed by atoms with Crippen molar-refractivity contribution in [3.05, 3.63) is 125 Å². The third-order valence-corrected chi connectivity index (χ3v) is 7.00. The second kappa shape index (κ2) is 10.4. The van der Waals surface area contributed by atoms with Crippen molar-refractivity contribution in [1.29, 1.82) is 0 Å². The molecule has 0 spiro atoms. The molecule has 0 aromatic heterocycles. The Morgan fingerprint density at radius 3 is 2.25 bits per heavy atom. The van der Waals surface area contributed by atoms with Crippen LogP contribution in [0.5, 0.6) is 5.75 Å². The van der Waals surface area contributed by atoms with E-state index < -0.39 is 0 Å². The van der Waals surface area contributed by atoms with Crippen LogP contribution in [0.2, 0.25) is 0 Å². The van der Waals surface area contributed by atoms with Gasteiger partial charge in [0.2, 0.25) is 0 Å². The molecule has 32 heavy (non-hydrogen) atoms. The van der Waals surface area contributed by atoms with E-state index in [1.165, 1.54) is 32.9 Å². The molecular weight excluding hydrogens is 409 g/mol. The SMILES string of the molecule is C/N=C(\c1ccccc1)c1cccc(C)c1Pc1cc(C)ccc1OCc1ccccc1. The molecule has 2 nitrogen and oxygen atoms in total. The van der Waals surface area contributed by atoms with Gasteiger partial charge in [-0.05, 0) is 42.4 Å². The quantitative estimate of drug-likeness (QED) is 0.257. The van der Waals surface area contributed by atoms with Crippen molar-refractivity contribution < 1.29 is 4.74 Å². The fourth-order valence-corrected chi connectivity index (χ4v) is 5.23. The van der Waals surface area contributed by atoms with E-state index in [9.17, 15) is 0 Å². The molecule has 0 amide bonds. The first kappa shape index (κ1) is 22.0. The molecular formula is C29H28NOP. The van der Waals surface area contributed by atoms with E-state index >= 15 is 0 Å². The summed E-state index contributed by atoms with van der Waals surface area (Å²) < 4.78 is 6.28. The summed E-state index contributed by atoms with van der Waals surface area (Å²) in [7, 11) is 2.35. The van der Waals surface area contributed by atoms with E-state index in [2.05, 4.69) is 91.6 Å². The molecule has 0 saturated carbocycles. The third-order valence-electron chi connectivity index (χ3n) is 5.43. The average Bonchev–Trinajstić information content (AvgIpc) is 2.82. The smallest absolute Gasteiger partial charge is 0.127 e. The van der Waals surface area contributed by atoms with Gasteiger partial charge < -0.3 is 4.74 Å². The molecule has 0 N–H and O–H groups in total. The maximum absolute atomic E-state index is 6.28. The summed E-state index contributed by atoms with van der Waals surface area (Å²) in [5.74, 6) is 0.946. The molecule has 3 heteroatoms. The van der Waals surface area contributed by atoms with E-state index in [0.717, 1.165) is 17.0 Å². The molecule has 0 fully saturated rings. The van der Waals surface area contributed by atoms with Crippen LogP contribution in [0.3, 0.4) is 0 Å². The molecule has 0 radical (unpaired) electrons. The number of hydrogen-bond acceptors (Lipinski definition) is 2. The molecule has 4 rings (SSSR count). The van der Waals surface area contributed by atoms with E-state index in [1.807, 2.05) is 31.3 Å². The summed E-state index contributed by atoms with van der Waals surface area (Å²) in [4.78, 5) is 4.68. The van der Waals surface area contributed by atoms with E-state index in [-0.39, 0.29) is 0 Å². The molecule has 0 aliphatic rings. The first-order chi connectivity index (χ1) is 15.7. The summed E-state index contributed by atoms with van der Waals surface area (Å²) in [6, 6.07) is 33.7. The van der Waals surface area contributed by atoms with Crippen molar-refractivity contribution in [2.45, 2.75) is 20.5 Å². The van der Waals surface area contributed by atoms with Crippen LogP contribution in [-0.2, 0) is 6.61 Å². The summed E-state index contributed by atoms with van der Waals surface area (Å²) >= 11 is 0. The largest absolute Gasteiger partial charge is 0.488 e. The minimum absolute atomic E-state index is 0.472. The Morgan fingerprint density at radius 2 is 1.53 bits per heavy atom. The zero-order valence-corrected chi connectivity index (χ0v) is 19.8. The zero-order valence-electron chi connectivity index (χ0n) is 18.8. The van der Waals surface area contributed by atoms with E-state index in [4.69, 9.17) is 4.74 Å². The number of aryl methyl sites for hydroxylation is 2. The highest BCUT2D eigenvalue weighted by Gasteiger charge is 2.16. The lowest BCUT2D eigenvalue weighted by Gasteiger charge is -2.18. The highest BCUT2D eigenvalue weighted by atomic mass is 31.1. The van der Waals surface area contributed by atoms with Gasteiger partial charge in [0.25, 0.3) is 0 Å². The average molecular weight is 438 g/mol. The number of nitrogens with zero attached hydrogens (tertiary/aromatic N) is 1.